The fraction of sp³-hybridized carbons (Fsp3) is 0.522. The minimum Gasteiger partial charge on any atom is -0.352 e. The molecule has 30 heavy (non-hydrogen) atoms. The molecule has 160 valence electrons. The summed E-state index contributed by atoms with van der Waals surface area (Å²) in [5.74, 6) is 0.893. The van der Waals surface area contributed by atoms with Crippen molar-refractivity contribution in [2.75, 3.05) is 24.5 Å². The largest absolute Gasteiger partial charge is 0.352 e. The second kappa shape index (κ2) is 9.43. The standard InChI is InChI=1S/C23H31N5O2/c1-18-5-2-3-14-26(18)15-4-12-24-23(30)20-8-6-19(7-9-20)17-27-21-10-13-25-28(21)16-11-22(27)29/h6-10,13,18H,2-5,11-12,14-17H2,1H3,(H,24,30). The van der Waals surface area contributed by atoms with Gasteiger partial charge < -0.3 is 10.2 Å². The molecule has 1 N–H and O–H groups in total. The normalized spacial score (nSPS) is 19.6. The SMILES string of the molecule is CC1CCCCN1CCCNC(=O)c1ccc(CN2C(=O)CCn3nccc32)cc1. The molecule has 0 spiro atoms. The Morgan fingerprint density at radius 2 is 2.00 bits per heavy atom. The molecule has 1 aromatic heterocycles. The summed E-state index contributed by atoms with van der Waals surface area (Å²) in [6, 6.07) is 10.0. The Kier molecular flexibility index (Phi) is 6.47. The first-order chi connectivity index (χ1) is 14.6. The molecule has 1 aromatic carbocycles. The van der Waals surface area contributed by atoms with Crippen molar-refractivity contribution in [1.29, 1.82) is 0 Å². The van der Waals surface area contributed by atoms with Crippen molar-refractivity contribution in [1.82, 2.24) is 20.0 Å². The average molecular weight is 410 g/mol. The molecule has 3 heterocycles. The fourth-order valence-electron chi connectivity index (χ4n) is 4.38. The molecule has 1 atom stereocenters. The Hall–Kier alpha value is -2.67. The van der Waals surface area contributed by atoms with E-state index in [4.69, 9.17) is 0 Å². The van der Waals surface area contributed by atoms with Gasteiger partial charge >= 0.3 is 0 Å². The number of aromatic nitrogens is 2. The van der Waals surface area contributed by atoms with Gasteiger partial charge in [0.05, 0.1) is 19.3 Å². The summed E-state index contributed by atoms with van der Waals surface area (Å²) in [5, 5.41) is 7.29. The fourth-order valence-corrected chi connectivity index (χ4v) is 4.38. The summed E-state index contributed by atoms with van der Waals surface area (Å²) in [6.07, 6.45) is 7.06. The van der Waals surface area contributed by atoms with Crippen LogP contribution in [0.25, 0.3) is 0 Å². The Balaban J connectivity index is 1.26. The van der Waals surface area contributed by atoms with Crippen molar-refractivity contribution in [2.24, 2.45) is 0 Å². The van der Waals surface area contributed by atoms with Crippen molar-refractivity contribution in [3.63, 3.8) is 0 Å². The number of aryl methyl sites for hydroxylation is 1. The average Bonchev–Trinajstić information content (AvgIpc) is 3.24. The zero-order chi connectivity index (χ0) is 20.9. The van der Waals surface area contributed by atoms with E-state index >= 15 is 0 Å². The van der Waals surface area contributed by atoms with Crippen LogP contribution in [0.15, 0.2) is 36.5 Å². The second-order valence-electron chi connectivity index (χ2n) is 8.33. The number of piperidine rings is 1. The van der Waals surface area contributed by atoms with E-state index in [1.165, 1.54) is 25.8 Å². The summed E-state index contributed by atoms with van der Waals surface area (Å²) in [6.45, 7) is 6.33. The van der Waals surface area contributed by atoms with E-state index in [0.29, 0.717) is 37.7 Å². The van der Waals surface area contributed by atoms with E-state index in [-0.39, 0.29) is 11.8 Å². The van der Waals surface area contributed by atoms with Gasteiger partial charge in [-0.3, -0.25) is 14.5 Å². The summed E-state index contributed by atoms with van der Waals surface area (Å²) < 4.78 is 1.86. The molecular formula is C23H31N5O2. The Morgan fingerprint density at radius 3 is 2.80 bits per heavy atom. The van der Waals surface area contributed by atoms with Crippen LogP contribution in [0, 0.1) is 0 Å². The lowest BCUT2D eigenvalue weighted by molar-refractivity contribution is -0.119. The maximum Gasteiger partial charge on any atom is 0.251 e. The number of nitrogens with one attached hydrogen (secondary N) is 1. The molecule has 1 saturated heterocycles. The molecule has 0 bridgehead atoms. The van der Waals surface area contributed by atoms with E-state index < -0.39 is 0 Å². The number of rotatable bonds is 7. The molecule has 2 aliphatic heterocycles. The Bertz CT molecular complexity index is 876. The number of carbonyl (C=O) groups is 2. The van der Waals surface area contributed by atoms with Gasteiger partial charge in [0, 0.05) is 37.2 Å². The van der Waals surface area contributed by atoms with Gasteiger partial charge in [-0.2, -0.15) is 5.10 Å². The molecule has 1 unspecified atom stereocenters. The Morgan fingerprint density at radius 1 is 1.17 bits per heavy atom. The van der Waals surface area contributed by atoms with E-state index in [1.807, 2.05) is 35.0 Å². The van der Waals surface area contributed by atoms with Crippen LogP contribution >= 0.6 is 0 Å². The molecule has 0 aliphatic carbocycles. The molecular weight excluding hydrogens is 378 g/mol. The first-order valence-electron chi connectivity index (χ1n) is 11.1. The summed E-state index contributed by atoms with van der Waals surface area (Å²) in [5.41, 5.74) is 1.65. The third kappa shape index (κ3) is 4.73. The van der Waals surface area contributed by atoms with Crippen molar-refractivity contribution in [3.05, 3.63) is 47.7 Å². The van der Waals surface area contributed by atoms with E-state index in [1.54, 1.807) is 11.1 Å². The first-order valence-corrected chi connectivity index (χ1v) is 11.1. The van der Waals surface area contributed by atoms with Crippen molar-refractivity contribution in [2.45, 2.75) is 58.2 Å². The zero-order valence-electron chi connectivity index (χ0n) is 17.7. The maximum atomic E-state index is 12.4. The summed E-state index contributed by atoms with van der Waals surface area (Å²) in [4.78, 5) is 29.1. The molecule has 0 saturated carbocycles. The lowest BCUT2D eigenvalue weighted by Crippen LogP contribution is -2.39. The van der Waals surface area contributed by atoms with Crippen molar-refractivity contribution < 1.29 is 9.59 Å². The van der Waals surface area contributed by atoms with Gasteiger partial charge in [0.25, 0.3) is 5.91 Å². The highest BCUT2D eigenvalue weighted by atomic mass is 16.2. The lowest BCUT2D eigenvalue weighted by atomic mass is 10.0. The van der Waals surface area contributed by atoms with Gasteiger partial charge in [-0.1, -0.05) is 18.6 Å². The highest BCUT2D eigenvalue weighted by Gasteiger charge is 2.24. The third-order valence-electron chi connectivity index (χ3n) is 6.21. The van der Waals surface area contributed by atoms with Gasteiger partial charge in [-0.15, -0.1) is 0 Å². The number of fused-ring (bicyclic) bond motifs is 1. The molecule has 2 aromatic rings. The molecule has 7 heteroatoms. The third-order valence-corrected chi connectivity index (χ3v) is 6.21. The van der Waals surface area contributed by atoms with Crippen LogP contribution in [0.3, 0.4) is 0 Å². The van der Waals surface area contributed by atoms with Crippen LogP contribution in [0.1, 0.15) is 54.9 Å². The smallest absolute Gasteiger partial charge is 0.251 e. The topological polar surface area (TPSA) is 70.5 Å². The first kappa shape index (κ1) is 20.6. The van der Waals surface area contributed by atoms with Crippen molar-refractivity contribution in [3.8, 4) is 0 Å². The van der Waals surface area contributed by atoms with Crippen LogP contribution in [-0.2, 0) is 17.9 Å². The molecule has 2 amide bonds. The quantitative estimate of drug-likeness (QED) is 0.714. The van der Waals surface area contributed by atoms with Crippen LogP contribution in [0.5, 0.6) is 0 Å². The van der Waals surface area contributed by atoms with E-state index in [2.05, 4.69) is 22.2 Å². The number of hydrogen-bond acceptors (Lipinski definition) is 4. The van der Waals surface area contributed by atoms with Crippen LogP contribution in [0.4, 0.5) is 5.82 Å². The van der Waals surface area contributed by atoms with Gasteiger partial charge in [0.2, 0.25) is 5.91 Å². The highest BCUT2D eigenvalue weighted by molar-refractivity contribution is 5.95. The maximum absolute atomic E-state index is 12.4. The monoisotopic (exact) mass is 409 g/mol. The number of anilines is 1. The van der Waals surface area contributed by atoms with E-state index in [9.17, 15) is 9.59 Å². The van der Waals surface area contributed by atoms with Gasteiger partial charge in [0.15, 0.2) is 0 Å². The predicted octanol–water partition coefficient (Wildman–Crippen LogP) is 2.81. The molecule has 0 radical (unpaired) electrons. The lowest BCUT2D eigenvalue weighted by Gasteiger charge is -2.33. The molecule has 1 fully saturated rings. The molecule has 4 rings (SSSR count). The molecule has 2 aliphatic rings. The van der Waals surface area contributed by atoms with Crippen LogP contribution < -0.4 is 10.2 Å². The predicted molar refractivity (Wildman–Crippen MR) is 116 cm³/mol. The van der Waals surface area contributed by atoms with Gasteiger partial charge in [-0.25, -0.2) is 4.68 Å². The van der Waals surface area contributed by atoms with Crippen LogP contribution in [0.2, 0.25) is 0 Å². The number of likely N-dealkylation sites (tertiary alicyclic amines) is 1. The van der Waals surface area contributed by atoms with Crippen molar-refractivity contribution >= 4 is 17.6 Å². The van der Waals surface area contributed by atoms with Crippen LogP contribution in [-0.4, -0.2) is 52.2 Å². The van der Waals surface area contributed by atoms with E-state index in [0.717, 1.165) is 24.3 Å². The zero-order valence-corrected chi connectivity index (χ0v) is 17.7. The minimum absolute atomic E-state index is 0.0413. The number of carbonyl (C=O) groups excluding carboxylic acids is 2. The van der Waals surface area contributed by atoms with Gasteiger partial charge in [0.1, 0.15) is 5.82 Å². The number of hydrogen-bond donors (Lipinski definition) is 1. The Labute approximate surface area is 178 Å². The highest BCUT2D eigenvalue weighted by Crippen LogP contribution is 2.23. The summed E-state index contributed by atoms with van der Waals surface area (Å²) >= 11 is 0. The number of amides is 2. The molecule has 7 nitrogen and oxygen atoms in total. The number of nitrogens with zero attached hydrogens (tertiary/aromatic N) is 4. The summed E-state index contributed by atoms with van der Waals surface area (Å²) in [7, 11) is 0. The number of benzene rings is 1. The second-order valence-corrected chi connectivity index (χ2v) is 8.33. The minimum atomic E-state index is -0.0413. The van der Waals surface area contributed by atoms with Gasteiger partial charge in [-0.05, 0) is 50.4 Å².